The molecule has 3 aromatic carbocycles. The van der Waals surface area contributed by atoms with E-state index in [4.69, 9.17) is 9.47 Å². The lowest BCUT2D eigenvalue weighted by atomic mass is 9.88. The average Bonchev–Trinajstić information content (AvgIpc) is 2.63. The maximum Gasteiger partial charge on any atom is 0.347 e. The second-order valence-corrected chi connectivity index (χ2v) is 7.14. The van der Waals surface area contributed by atoms with E-state index in [1.165, 1.54) is 0 Å². The summed E-state index contributed by atoms with van der Waals surface area (Å²) in [5.41, 5.74) is 0.576. The van der Waals surface area contributed by atoms with Crippen molar-refractivity contribution < 1.29 is 19.4 Å². The Morgan fingerprint density at radius 2 is 1.69 bits per heavy atom. The van der Waals surface area contributed by atoms with Gasteiger partial charge in [-0.2, -0.15) is 0 Å². The first-order valence-electron chi connectivity index (χ1n) is 8.69. The first-order chi connectivity index (χ1) is 12.5. The molecule has 0 unspecified atom stereocenters. The van der Waals surface area contributed by atoms with Crippen molar-refractivity contribution in [2.45, 2.75) is 32.3 Å². The second-order valence-electron chi connectivity index (χ2n) is 7.14. The van der Waals surface area contributed by atoms with Gasteiger partial charge in [-0.25, -0.2) is 4.79 Å². The van der Waals surface area contributed by atoms with Crippen LogP contribution < -0.4 is 9.47 Å². The maximum atomic E-state index is 12.9. The number of rotatable bonds is 2. The zero-order valence-electron chi connectivity index (χ0n) is 14.8. The highest BCUT2D eigenvalue weighted by Crippen LogP contribution is 2.45. The van der Waals surface area contributed by atoms with E-state index in [1.54, 1.807) is 30.3 Å². The third-order valence-corrected chi connectivity index (χ3v) is 4.75. The minimum Gasteiger partial charge on any atom is -0.506 e. The summed E-state index contributed by atoms with van der Waals surface area (Å²) in [4.78, 5) is 12.9. The van der Waals surface area contributed by atoms with E-state index in [0.29, 0.717) is 28.9 Å². The van der Waals surface area contributed by atoms with E-state index < -0.39 is 5.97 Å². The molecule has 132 valence electrons. The van der Waals surface area contributed by atoms with Gasteiger partial charge in [0.05, 0.1) is 0 Å². The second kappa shape index (κ2) is 6.06. The van der Waals surface area contributed by atoms with Crippen LogP contribution in [0.25, 0.3) is 10.8 Å². The molecular weight excluding hydrogens is 328 g/mol. The standard InChI is InChI=1S/C22H20O4/c1-22(2)13-12-17-18(21(24)25-14-8-4-3-5-9-14)19(23)15-10-6-7-11-16(15)20(17)26-22/h3-11,23H,12-13H2,1-2H3. The maximum absolute atomic E-state index is 12.9. The number of carbonyl (C=O) groups excluding carboxylic acids is 1. The zero-order chi connectivity index (χ0) is 18.3. The minimum absolute atomic E-state index is 0.0522. The lowest BCUT2D eigenvalue weighted by Gasteiger charge is -2.34. The lowest BCUT2D eigenvalue weighted by Crippen LogP contribution is -2.33. The highest BCUT2D eigenvalue weighted by molar-refractivity contribution is 6.06. The number of phenolic OH excluding ortho intramolecular Hbond substituents is 1. The van der Waals surface area contributed by atoms with Crippen LogP contribution in [0.3, 0.4) is 0 Å². The number of para-hydroxylation sites is 1. The number of carbonyl (C=O) groups is 1. The van der Waals surface area contributed by atoms with Crippen LogP contribution in [0.2, 0.25) is 0 Å². The van der Waals surface area contributed by atoms with Crippen molar-refractivity contribution in [2.24, 2.45) is 0 Å². The van der Waals surface area contributed by atoms with Gasteiger partial charge in [-0.15, -0.1) is 0 Å². The molecule has 1 aliphatic heterocycles. The predicted octanol–water partition coefficient (Wildman–Crippen LogP) is 4.87. The Morgan fingerprint density at radius 3 is 2.42 bits per heavy atom. The van der Waals surface area contributed by atoms with Gasteiger partial charge in [0, 0.05) is 16.3 Å². The summed E-state index contributed by atoms with van der Waals surface area (Å²) in [5, 5.41) is 12.2. The van der Waals surface area contributed by atoms with Crippen LogP contribution >= 0.6 is 0 Å². The Labute approximate surface area is 152 Å². The Balaban J connectivity index is 1.89. The molecule has 0 fully saturated rings. The van der Waals surface area contributed by atoms with E-state index in [2.05, 4.69) is 0 Å². The average molecular weight is 348 g/mol. The van der Waals surface area contributed by atoms with Gasteiger partial charge in [0.15, 0.2) is 0 Å². The molecule has 0 aliphatic carbocycles. The summed E-state index contributed by atoms with van der Waals surface area (Å²) in [7, 11) is 0. The summed E-state index contributed by atoms with van der Waals surface area (Å²) < 4.78 is 11.7. The molecule has 4 nitrogen and oxygen atoms in total. The fourth-order valence-electron chi connectivity index (χ4n) is 3.42. The normalized spacial score (nSPS) is 15.2. The molecule has 0 saturated heterocycles. The van der Waals surface area contributed by atoms with Crippen LogP contribution in [-0.2, 0) is 6.42 Å². The van der Waals surface area contributed by atoms with Gasteiger partial charge in [-0.3, -0.25) is 0 Å². The molecule has 1 heterocycles. The molecule has 0 saturated carbocycles. The fourth-order valence-corrected chi connectivity index (χ4v) is 3.42. The van der Waals surface area contributed by atoms with Crippen molar-refractivity contribution in [1.82, 2.24) is 0 Å². The van der Waals surface area contributed by atoms with Crippen molar-refractivity contribution in [3.8, 4) is 17.2 Å². The number of ether oxygens (including phenoxy) is 2. The molecule has 0 aromatic heterocycles. The molecule has 0 spiro atoms. The van der Waals surface area contributed by atoms with E-state index in [1.807, 2.05) is 38.1 Å². The molecule has 0 atom stereocenters. The number of benzene rings is 3. The Bertz CT molecular complexity index is 990. The van der Waals surface area contributed by atoms with Crippen LogP contribution in [0, 0.1) is 0 Å². The third kappa shape index (κ3) is 2.77. The number of aromatic hydroxyl groups is 1. The SMILES string of the molecule is CC1(C)CCc2c(C(=O)Oc3ccccc3)c(O)c3ccccc3c2O1. The molecule has 0 bridgehead atoms. The van der Waals surface area contributed by atoms with E-state index in [9.17, 15) is 9.90 Å². The number of hydrogen-bond donors (Lipinski definition) is 1. The highest BCUT2D eigenvalue weighted by Gasteiger charge is 2.34. The quantitative estimate of drug-likeness (QED) is 0.530. The van der Waals surface area contributed by atoms with Gasteiger partial charge in [0.1, 0.15) is 28.4 Å². The Kier molecular flexibility index (Phi) is 3.83. The van der Waals surface area contributed by atoms with Crippen molar-refractivity contribution in [3.05, 3.63) is 65.7 Å². The first-order valence-corrected chi connectivity index (χ1v) is 8.69. The molecule has 0 radical (unpaired) electrons. The summed E-state index contributed by atoms with van der Waals surface area (Å²) in [6.07, 6.45) is 1.39. The topological polar surface area (TPSA) is 55.8 Å². The summed E-state index contributed by atoms with van der Waals surface area (Å²) >= 11 is 0. The monoisotopic (exact) mass is 348 g/mol. The van der Waals surface area contributed by atoms with Gasteiger partial charge in [-0.1, -0.05) is 42.5 Å². The third-order valence-electron chi connectivity index (χ3n) is 4.75. The number of phenols is 1. The summed E-state index contributed by atoms with van der Waals surface area (Å²) in [6.45, 7) is 4.05. The van der Waals surface area contributed by atoms with Gasteiger partial charge < -0.3 is 14.6 Å². The smallest absolute Gasteiger partial charge is 0.347 e. The van der Waals surface area contributed by atoms with E-state index in [-0.39, 0.29) is 16.9 Å². The van der Waals surface area contributed by atoms with Crippen LogP contribution in [0.1, 0.15) is 36.2 Å². The molecule has 0 amide bonds. The van der Waals surface area contributed by atoms with Crippen molar-refractivity contribution >= 4 is 16.7 Å². The summed E-state index contributed by atoms with van der Waals surface area (Å²) in [5.74, 6) is 0.480. The lowest BCUT2D eigenvalue weighted by molar-refractivity contribution is 0.0708. The van der Waals surface area contributed by atoms with Crippen LogP contribution in [-0.4, -0.2) is 16.7 Å². The zero-order valence-corrected chi connectivity index (χ0v) is 14.8. The van der Waals surface area contributed by atoms with Gasteiger partial charge in [0.2, 0.25) is 0 Å². The Hall–Kier alpha value is -3.01. The van der Waals surface area contributed by atoms with Gasteiger partial charge >= 0.3 is 5.97 Å². The van der Waals surface area contributed by atoms with Crippen LogP contribution in [0.15, 0.2) is 54.6 Å². The van der Waals surface area contributed by atoms with Gasteiger partial charge in [0.25, 0.3) is 0 Å². The summed E-state index contributed by atoms with van der Waals surface area (Å²) in [6, 6.07) is 16.3. The van der Waals surface area contributed by atoms with E-state index in [0.717, 1.165) is 11.8 Å². The molecule has 4 rings (SSSR count). The largest absolute Gasteiger partial charge is 0.506 e. The highest BCUT2D eigenvalue weighted by atomic mass is 16.5. The minimum atomic E-state index is -0.570. The van der Waals surface area contributed by atoms with Crippen molar-refractivity contribution in [1.29, 1.82) is 0 Å². The molecule has 4 heteroatoms. The predicted molar refractivity (Wildman–Crippen MR) is 100 cm³/mol. The molecule has 1 aliphatic rings. The van der Waals surface area contributed by atoms with Gasteiger partial charge in [-0.05, 0) is 38.8 Å². The first kappa shape index (κ1) is 16.5. The number of esters is 1. The molecular formula is C22H20O4. The van der Waals surface area contributed by atoms with E-state index >= 15 is 0 Å². The Morgan fingerprint density at radius 1 is 1.04 bits per heavy atom. The molecule has 3 aromatic rings. The molecule has 1 N–H and O–H groups in total. The van der Waals surface area contributed by atoms with Crippen LogP contribution in [0.5, 0.6) is 17.2 Å². The molecule has 26 heavy (non-hydrogen) atoms. The van der Waals surface area contributed by atoms with Crippen LogP contribution in [0.4, 0.5) is 0 Å². The number of hydrogen-bond acceptors (Lipinski definition) is 4. The fraction of sp³-hybridized carbons (Fsp3) is 0.227. The van der Waals surface area contributed by atoms with Crippen molar-refractivity contribution in [2.75, 3.05) is 0 Å². The van der Waals surface area contributed by atoms with Crippen molar-refractivity contribution in [3.63, 3.8) is 0 Å². The number of fused-ring (bicyclic) bond motifs is 3.